The van der Waals surface area contributed by atoms with E-state index in [1.165, 1.54) is 15.3 Å². The first-order valence-electron chi connectivity index (χ1n) is 8.18. The smallest absolute Gasteiger partial charge is 0.191 e. The number of rotatable bonds is 6. The number of aliphatic imine (C=N–C) groups is 1. The molecule has 24 heavy (non-hydrogen) atoms. The first kappa shape index (κ1) is 16.5. The monoisotopic (exact) mass is 338 g/mol. The fourth-order valence-electron chi connectivity index (χ4n) is 2.48. The van der Waals surface area contributed by atoms with Gasteiger partial charge in [0.05, 0.1) is 15.2 Å². The van der Waals surface area contributed by atoms with Crippen molar-refractivity contribution in [3.05, 3.63) is 65.2 Å². The van der Waals surface area contributed by atoms with Gasteiger partial charge in [0, 0.05) is 26.6 Å². The molecule has 0 amide bonds. The molecule has 0 atom stereocenters. The predicted octanol–water partition coefficient (Wildman–Crippen LogP) is 3.59. The lowest BCUT2D eigenvalue weighted by molar-refractivity contribution is 0.740. The number of aromatic nitrogens is 1. The molecule has 3 aromatic rings. The molecule has 1 heterocycles. The van der Waals surface area contributed by atoms with Gasteiger partial charge in [0.15, 0.2) is 5.96 Å². The molecule has 0 aliphatic heterocycles. The number of nitrogens with one attached hydrogen (secondary N) is 2. The van der Waals surface area contributed by atoms with Crippen molar-refractivity contribution in [1.82, 2.24) is 15.6 Å². The summed E-state index contributed by atoms with van der Waals surface area (Å²) in [5.74, 6) is 0.836. The van der Waals surface area contributed by atoms with Crippen molar-refractivity contribution in [3.8, 4) is 0 Å². The van der Waals surface area contributed by atoms with Gasteiger partial charge in [0.2, 0.25) is 0 Å². The number of guanidine groups is 1. The van der Waals surface area contributed by atoms with Gasteiger partial charge in [-0.05, 0) is 24.1 Å². The molecule has 0 saturated heterocycles. The Morgan fingerprint density at radius 3 is 2.62 bits per heavy atom. The van der Waals surface area contributed by atoms with Gasteiger partial charge in [0.25, 0.3) is 0 Å². The molecule has 0 radical (unpaired) electrons. The molecule has 0 unspecified atom stereocenters. The average molecular weight is 338 g/mol. The van der Waals surface area contributed by atoms with E-state index in [0.29, 0.717) is 0 Å². The zero-order chi connectivity index (χ0) is 16.6. The quantitative estimate of drug-likeness (QED) is 0.410. The van der Waals surface area contributed by atoms with E-state index in [2.05, 4.69) is 50.9 Å². The summed E-state index contributed by atoms with van der Waals surface area (Å²) in [5, 5.41) is 7.89. The predicted molar refractivity (Wildman–Crippen MR) is 103 cm³/mol. The number of benzene rings is 2. The van der Waals surface area contributed by atoms with Crippen LogP contribution in [0.3, 0.4) is 0 Å². The van der Waals surface area contributed by atoms with Crippen LogP contribution in [0.4, 0.5) is 0 Å². The van der Waals surface area contributed by atoms with E-state index in [-0.39, 0.29) is 0 Å². The van der Waals surface area contributed by atoms with Crippen LogP contribution in [0, 0.1) is 0 Å². The topological polar surface area (TPSA) is 49.3 Å². The number of para-hydroxylation sites is 1. The van der Waals surface area contributed by atoms with Crippen LogP contribution < -0.4 is 10.6 Å². The van der Waals surface area contributed by atoms with E-state index in [1.807, 2.05) is 24.3 Å². The summed E-state index contributed by atoms with van der Waals surface area (Å²) in [6, 6.07) is 18.6. The van der Waals surface area contributed by atoms with Crippen molar-refractivity contribution in [2.75, 3.05) is 13.6 Å². The molecule has 0 fully saturated rings. The van der Waals surface area contributed by atoms with Gasteiger partial charge >= 0.3 is 0 Å². The molecule has 0 aliphatic rings. The number of hydrogen-bond donors (Lipinski definition) is 2. The van der Waals surface area contributed by atoms with Crippen LogP contribution in [0.25, 0.3) is 10.2 Å². The molecule has 1 aromatic heterocycles. The molecule has 5 heteroatoms. The van der Waals surface area contributed by atoms with Crippen molar-refractivity contribution in [2.45, 2.75) is 19.4 Å². The summed E-state index contributed by atoms with van der Waals surface area (Å²) in [5.41, 5.74) is 2.35. The molecule has 124 valence electrons. The SMILES string of the molecule is CN=C(NCCCc1nc2ccccc2s1)NCc1ccccc1. The Kier molecular flexibility index (Phi) is 5.80. The van der Waals surface area contributed by atoms with Crippen molar-refractivity contribution in [3.63, 3.8) is 0 Å². The molecule has 0 saturated carbocycles. The third-order valence-electron chi connectivity index (χ3n) is 3.72. The van der Waals surface area contributed by atoms with Gasteiger partial charge in [-0.1, -0.05) is 42.5 Å². The highest BCUT2D eigenvalue weighted by atomic mass is 32.1. The van der Waals surface area contributed by atoms with Crippen molar-refractivity contribution < 1.29 is 0 Å². The largest absolute Gasteiger partial charge is 0.356 e. The minimum absolute atomic E-state index is 0.776. The van der Waals surface area contributed by atoms with Gasteiger partial charge in [-0.15, -0.1) is 11.3 Å². The third kappa shape index (κ3) is 4.55. The van der Waals surface area contributed by atoms with Crippen LogP contribution >= 0.6 is 11.3 Å². The summed E-state index contributed by atoms with van der Waals surface area (Å²) in [6.07, 6.45) is 2.02. The van der Waals surface area contributed by atoms with Crippen LogP contribution in [-0.2, 0) is 13.0 Å². The zero-order valence-corrected chi connectivity index (χ0v) is 14.6. The maximum atomic E-state index is 4.67. The van der Waals surface area contributed by atoms with Gasteiger partial charge < -0.3 is 10.6 Å². The lowest BCUT2D eigenvalue weighted by Gasteiger charge is -2.11. The summed E-state index contributed by atoms with van der Waals surface area (Å²) < 4.78 is 1.26. The summed E-state index contributed by atoms with van der Waals surface area (Å²) in [7, 11) is 1.80. The summed E-state index contributed by atoms with van der Waals surface area (Å²) >= 11 is 1.78. The Hall–Kier alpha value is -2.40. The second kappa shape index (κ2) is 8.45. The maximum Gasteiger partial charge on any atom is 0.191 e. The lowest BCUT2D eigenvalue weighted by Crippen LogP contribution is -2.37. The highest BCUT2D eigenvalue weighted by Crippen LogP contribution is 2.22. The Balaban J connectivity index is 1.41. The third-order valence-corrected chi connectivity index (χ3v) is 4.82. The molecule has 2 aromatic carbocycles. The normalized spacial score (nSPS) is 11.6. The first-order valence-corrected chi connectivity index (χ1v) is 9.00. The zero-order valence-electron chi connectivity index (χ0n) is 13.8. The maximum absolute atomic E-state index is 4.67. The van der Waals surface area contributed by atoms with E-state index in [1.54, 1.807) is 18.4 Å². The average Bonchev–Trinajstić information content (AvgIpc) is 3.05. The molecular weight excluding hydrogens is 316 g/mol. The summed E-state index contributed by atoms with van der Waals surface area (Å²) in [4.78, 5) is 8.93. The fraction of sp³-hybridized carbons (Fsp3) is 0.263. The minimum atomic E-state index is 0.776. The second-order valence-electron chi connectivity index (χ2n) is 5.52. The van der Waals surface area contributed by atoms with Crippen molar-refractivity contribution in [1.29, 1.82) is 0 Å². The van der Waals surface area contributed by atoms with Gasteiger partial charge in [-0.3, -0.25) is 4.99 Å². The van der Waals surface area contributed by atoms with E-state index in [9.17, 15) is 0 Å². The van der Waals surface area contributed by atoms with Crippen molar-refractivity contribution >= 4 is 27.5 Å². The van der Waals surface area contributed by atoms with Crippen LogP contribution in [0.5, 0.6) is 0 Å². The molecule has 0 aliphatic carbocycles. The number of hydrogen-bond acceptors (Lipinski definition) is 3. The Morgan fingerprint density at radius 2 is 1.83 bits per heavy atom. The molecule has 0 bridgehead atoms. The van der Waals surface area contributed by atoms with Gasteiger partial charge in [0.1, 0.15) is 0 Å². The molecule has 4 nitrogen and oxygen atoms in total. The van der Waals surface area contributed by atoms with Gasteiger partial charge in [-0.25, -0.2) is 4.98 Å². The number of nitrogens with zero attached hydrogens (tertiary/aromatic N) is 2. The van der Waals surface area contributed by atoms with Crippen LogP contribution in [0.2, 0.25) is 0 Å². The molecule has 0 spiro atoms. The molecule has 2 N–H and O–H groups in total. The van der Waals surface area contributed by atoms with Crippen LogP contribution in [0.15, 0.2) is 59.6 Å². The van der Waals surface area contributed by atoms with Crippen LogP contribution in [0.1, 0.15) is 17.0 Å². The van der Waals surface area contributed by atoms with E-state index < -0.39 is 0 Å². The number of aryl methyl sites for hydroxylation is 1. The van der Waals surface area contributed by atoms with Crippen molar-refractivity contribution in [2.24, 2.45) is 4.99 Å². The van der Waals surface area contributed by atoms with E-state index in [0.717, 1.165) is 37.4 Å². The summed E-state index contributed by atoms with van der Waals surface area (Å²) in [6.45, 7) is 1.66. The Bertz CT molecular complexity index is 762. The first-order chi connectivity index (χ1) is 11.8. The number of thiazole rings is 1. The lowest BCUT2D eigenvalue weighted by atomic mass is 10.2. The minimum Gasteiger partial charge on any atom is -0.356 e. The van der Waals surface area contributed by atoms with E-state index in [4.69, 9.17) is 0 Å². The standard InChI is InChI=1S/C19H22N4S/c1-20-19(22-14-15-8-3-2-4-9-15)21-13-7-12-18-23-16-10-5-6-11-17(16)24-18/h2-6,8-11H,7,12-14H2,1H3,(H2,20,21,22). The molecule has 3 rings (SSSR count). The Morgan fingerprint density at radius 1 is 1.04 bits per heavy atom. The molecular formula is C19H22N4S. The second-order valence-corrected chi connectivity index (χ2v) is 6.63. The van der Waals surface area contributed by atoms with Crippen LogP contribution in [-0.4, -0.2) is 24.5 Å². The number of fused-ring (bicyclic) bond motifs is 1. The highest BCUT2D eigenvalue weighted by Gasteiger charge is 2.03. The highest BCUT2D eigenvalue weighted by molar-refractivity contribution is 7.18. The fourth-order valence-corrected chi connectivity index (χ4v) is 3.48. The van der Waals surface area contributed by atoms with E-state index >= 15 is 0 Å². The van der Waals surface area contributed by atoms with Gasteiger partial charge in [-0.2, -0.15) is 0 Å². The Labute approximate surface area is 146 Å².